The third kappa shape index (κ3) is 3.54. The summed E-state index contributed by atoms with van der Waals surface area (Å²) in [5.41, 5.74) is 0.751. The lowest BCUT2D eigenvalue weighted by molar-refractivity contribution is -0.118. The second-order valence-electron chi connectivity index (χ2n) is 4.45. The molecule has 0 atom stereocenters. The van der Waals surface area contributed by atoms with Crippen molar-refractivity contribution in [3.8, 4) is 17.2 Å². The van der Waals surface area contributed by atoms with Crippen LogP contribution in [0.4, 0.5) is 5.82 Å². The van der Waals surface area contributed by atoms with Crippen LogP contribution in [0.15, 0.2) is 18.2 Å². The van der Waals surface area contributed by atoms with Gasteiger partial charge in [0.1, 0.15) is 17.2 Å². The van der Waals surface area contributed by atoms with Crippen LogP contribution in [-0.4, -0.2) is 41.2 Å². The average Bonchev–Trinajstić information content (AvgIpc) is 2.89. The van der Waals surface area contributed by atoms with E-state index in [9.17, 15) is 14.7 Å². The van der Waals surface area contributed by atoms with Gasteiger partial charge in [0.05, 0.1) is 12.7 Å². The number of benzene rings is 1. The molecular weight excluding hydrogens is 290 g/mol. The molecule has 22 heavy (non-hydrogen) atoms. The Morgan fingerprint density at radius 2 is 2.23 bits per heavy atom. The lowest BCUT2D eigenvalue weighted by Gasteiger charge is -2.11. The second kappa shape index (κ2) is 6.61. The third-order valence-corrected chi connectivity index (χ3v) is 2.78. The maximum atomic E-state index is 11.8. The molecule has 0 bridgehead atoms. The van der Waals surface area contributed by atoms with E-state index in [1.807, 2.05) is 0 Å². The minimum Gasteiger partial charge on any atom is -0.507 e. The normalized spacial score (nSPS) is 10.1. The van der Waals surface area contributed by atoms with E-state index in [0.717, 1.165) is 5.69 Å². The minimum absolute atomic E-state index is 0.0517. The Morgan fingerprint density at radius 1 is 1.45 bits per heavy atom. The summed E-state index contributed by atoms with van der Waals surface area (Å²) in [5.74, 6) is -0.00446. The number of nitrogens with one attached hydrogen (secondary N) is 2. The number of aromatic amines is 1. The van der Waals surface area contributed by atoms with E-state index in [1.54, 1.807) is 13.0 Å². The minimum atomic E-state index is -0.453. The number of methoxy groups -OCH3 is 1. The van der Waals surface area contributed by atoms with Crippen molar-refractivity contribution in [2.75, 3.05) is 19.0 Å². The highest BCUT2D eigenvalue weighted by Crippen LogP contribution is 2.31. The zero-order chi connectivity index (χ0) is 16.1. The monoisotopic (exact) mass is 305 g/mol. The smallest absolute Gasteiger partial charge is 0.263 e. The quantitative estimate of drug-likeness (QED) is 0.692. The number of H-pyrrole nitrogens is 1. The van der Waals surface area contributed by atoms with Gasteiger partial charge in [0.2, 0.25) is 0 Å². The zero-order valence-electron chi connectivity index (χ0n) is 12.0. The van der Waals surface area contributed by atoms with Gasteiger partial charge in [0, 0.05) is 23.9 Å². The summed E-state index contributed by atoms with van der Waals surface area (Å²) in [6.07, 6.45) is 0.444. The number of amides is 1. The first-order chi connectivity index (χ1) is 10.5. The number of carbonyl (C=O) groups excluding carboxylic acids is 2. The molecule has 0 spiro atoms. The molecule has 1 aromatic heterocycles. The van der Waals surface area contributed by atoms with Crippen LogP contribution in [0.25, 0.3) is 0 Å². The van der Waals surface area contributed by atoms with Crippen molar-refractivity contribution in [2.45, 2.75) is 6.92 Å². The molecule has 0 aliphatic heterocycles. The van der Waals surface area contributed by atoms with Crippen LogP contribution in [0, 0.1) is 6.92 Å². The van der Waals surface area contributed by atoms with Crippen LogP contribution < -0.4 is 14.8 Å². The van der Waals surface area contributed by atoms with Gasteiger partial charge in [-0.15, -0.1) is 0 Å². The molecule has 8 nitrogen and oxygen atoms in total. The van der Waals surface area contributed by atoms with E-state index in [2.05, 4.69) is 15.5 Å². The van der Waals surface area contributed by atoms with Crippen LogP contribution >= 0.6 is 0 Å². The SMILES string of the molecule is COc1cc(O)c(C=O)c(OCC(=O)Nc2cc(C)[nH]n2)c1. The van der Waals surface area contributed by atoms with Crippen LogP contribution in [0.5, 0.6) is 17.2 Å². The first kappa shape index (κ1) is 15.4. The molecule has 0 aliphatic carbocycles. The van der Waals surface area contributed by atoms with Gasteiger partial charge in [-0.05, 0) is 6.92 Å². The highest BCUT2D eigenvalue weighted by molar-refractivity contribution is 5.91. The molecule has 1 aromatic carbocycles. The van der Waals surface area contributed by atoms with Gasteiger partial charge < -0.3 is 19.9 Å². The number of aromatic nitrogens is 2. The fourth-order valence-electron chi connectivity index (χ4n) is 1.75. The Hall–Kier alpha value is -3.03. The summed E-state index contributed by atoms with van der Waals surface area (Å²) in [6, 6.07) is 4.35. The van der Waals surface area contributed by atoms with E-state index in [4.69, 9.17) is 9.47 Å². The topological polar surface area (TPSA) is 114 Å². The molecule has 8 heteroatoms. The molecule has 0 aliphatic rings. The van der Waals surface area contributed by atoms with E-state index in [0.29, 0.717) is 17.9 Å². The number of hydrogen-bond acceptors (Lipinski definition) is 6. The van der Waals surface area contributed by atoms with Crippen LogP contribution in [0.3, 0.4) is 0 Å². The van der Waals surface area contributed by atoms with Gasteiger partial charge in [0.15, 0.2) is 18.7 Å². The van der Waals surface area contributed by atoms with Crippen LogP contribution in [-0.2, 0) is 4.79 Å². The van der Waals surface area contributed by atoms with E-state index in [-0.39, 0.29) is 23.7 Å². The first-order valence-electron chi connectivity index (χ1n) is 6.34. The average molecular weight is 305 g/mol. The van der Waals surface area contributed by atoms with Crippen molar-refractivity contribution in [1.29, 1.82) is 0 Å². The predicted octanol–water partition coefficient (Wildman–Crippen LogP) is 1.26. The molecule has 0 radical (unpaired) electrons. The molecule has 0 saturated carbocycles. The van der Waals surface area contributed by atoms with Crippen molar-refractivity contribution < 1.29 is 24.2 Å². The van der Waals surface area contributed by atoms with Gasteiger partial charge in [-0.1, -0.05) is 0 Å². The van der Waals surface area contributed by atoms with Gasteiger partial charge in [0.25, 0.3) is 5.91 Å². The third-order valence-electron chi connectivity index (χ3n) is 2.78. The Bertz CT molecular complexity index is 696. The number of rotatable bonds is 6. The number of aldehydes is 1. The summed E-state index contributed by atoms with van der Waals surface area (Å²) in [7, 11) is 1.41. The number of aryl methyl sites for hydroxylation is 1. The molecule has 3 N–H and O–H groups in total. The Labute approximate surface area is 126 Å². The number of phenolic OH excluding ortho intramolecular Hbond substituents is 1. The molecule has 1 amide bonds. The van der Waals surface area contributed by atoms with Gasteiger partial charge in [-0.25, -0.2) is 0 Å². The van der Waals surface area contributed by atoms with Gasteiger partial charge >= 0.3 is 0 Å². The number of nitrogens with zero attached hydrogens (tertiary/aromatic N) is 1. The Kier molecular flexibility index (Phi) is 4.62. The fourth-order valence-corrected chi connectivity index (χ4v) is 1.75. The number of carbonyl (C=O) groups is 2. The van der Waals surface area contributed by atoms with Gasteiger partial charge in [-0.2, -0.15) is 5.10 Å². The number of aromatic hydroxyl groups is 1. The van der Waals surface area contributed by atoms with Gasteiger partial charge in [-0.3, -0.25) is 14.7 Å². The lowest BCUT2D eigenvalue weighted by atomic mass is 10.2. The van der Waals surface area contributed by atoms with E-state index < -0.39 is 5.91 Å². The van der Waals surface area contributed by atoms with E-state index in [1.165, 1.54) is 19.2 Å². The highest BCUT2D eigenvalue weighted by Gasteiger charge is 2.13. The fraction of sp³-hybridized carbons (Fsp3) is 0.214. The largest absolute Gasteiger partial charge is 0.507 e. The first-order valence-corrected chi connectivity index (χ1v) is 6.34. The zero-order valence-corrected chi connectivity index (χ0v) is 12.0. The van der Waals surface area contributed by atoms with Crippen molar-refractivity contribution in [1.82, 2.24) is 10.2 Å². The molecule has 2 aromatic rings. The number of hydrogen-bond donors (Lipinski definition) is 3. The molecule has 0 fully saturated rings. The summed E-state index contributed by atoms with van der Waals surface area (Å²) in [4.78, 5) is 22.8. The molecule has 116 valence electrons. The summed E-state index contributed by atoms with van der Waals surface area (Å²) in [5, 5.41) is 18.8. The van der Waals surface area contributed by atoms with Crippen molar-refractivity contribution in [2.24, 2.45) is 0 Å². The molecule has 0 unspecified atom stereocenters. The standard InChI is InChI=1S/C14H15N3O5/c1-8-3-13(17-16-8)15-14(20)7-22-12-5-9(21-2)4-11(19)10(12)6-18/h3-6,19H,7H2,1-2H3,(H2,15,16,17,20). The van der Waals surface area contributed by atoms with Crippen molar-refractivity contribution in [3.05, 3.63) is 29.5 Å². The summed E-state index contributed by atoms with van der Waals surface area (Å²) < 4.78 is 10.2. The molecule has 0 saturated heterocycles. The van der Waals surface area contributed by atoms with Crippen LogP contribution in [0.1, 0.15) is 16.1 Å². The molecule has 2 rings (SSSR count). The molecular formula is C14H15N3O5. The number of anilines is 1. The number of ether oxygens (including phenoxy) is 2. The highest BCUT2D eigenvalue weighted by atomic mass is 16.5. The summed E-state index contributed by atoms with van der Waals surface area (Å²) >= 11 is 0. The predicted molar refractivity (Wildman–Crippen MR) is 77.5 cm³/mol. The maximum Gasteiger partial charge on any atom is 0.263 e. The Morgan fingerprint density at radius 3 is 2.82 bits per heavy atom. The Balaban J connectivity index is 2.05. The summed E-state index contributed by atoms with van der Waals surface area (Å²) in [6.45, 7) is 1.45. The van der Waals surface area contributed by atoms with Crippen molar-refractivity contribution >= 4 is 18.0 Å². The van der Waals surface area contributed by atoms with Crippen LogP contribution in [0.2, 0.25) is 0 Å². The number of phenols is 1. The van der Waals surface area contributed by atoms with E-state index >= 15 is 0 Å². The molecule has 1 heterocycles. The lowest BCUT2D eigenvalue weighted by Crippen LogP contribution is -2.20. The van der Waals surface area contributed by atoms with Crippen molar-refractivity contribution in [3.63, 3.8) is 0 Å². The maximum absolute atomic E-state index is 11.8. The second-order valence-corrected chi connectivity index (χ2v) is 4.45.